The normalized spacial score (nSPS) is 13.5. The first-order valence-corrected chi connectivity index (χ1v) is 4.74. The Morgan fingerprint density at radius 1 is 1.54 bits per heavy atom. The number of nitrogens with zero attached hydrogens (tertiary/aromatic N) is 3. The van der Waals surface area contributed by atoms with Gasteiger partial charge in [-0.05, 0) is 28.9 Å². The second kappa shape index (κ2) is 3.08. The molecule has 2 aromatic heterocycles. The van der Waals surface area contributed by atoms with Gasteiger partial charge in [0.05, 0.1) is 0 Å². The Bertz CT molecular complexity index is 435. The van der Waals surface area contributed by atoms with E-state index >= 15 is 0 Å². The van der Waals surface area contributed by atoms with E-state index in [2.05, 4.69) is 26.1 Å². The second-order valence-corrected chi connectivity index (χ2v) is 3.62. The van der Waals surface area contributed by atoms with E-state index in [1.807, 2.05) is 29.7 Å². The highest BCUT2D eigenvalue weighted by Crippen LogP contribution is 2.17. The van der Waals surface area contributed by atoms with Gasteiger partial charge >= 0.3 is 0 Å². The van der Waals surface area contributed by atoms with E-state index in [-0.39, 0.29) is 6.04 Å². The fraction of sp³-hybridized carbons (Fsp3) is 0.250. The van der Waals surface area contributed by atoms with Crippen molar-refractivity contribution in [1.29, 1.82) is 0 Å². The van der Waals surface area contributed by atoms with E-state index in [1.165, 1.54) is 0 Å². The van der Waals surface area contributed by atoms with Crippen molar-refractivity contribution in [2.24, 2.45) is 5.73 Å². The standard InChI is InChI=1S/C8H9BrN4/c1-5(10)6-3-2-4-13-7(6)11-12-8(13)9/h2-5H,10H2,1H3. The summed E-state index contributed by atoms with van der Waals surface area (Å²) in [7, 11) is 0. The first kappa shape index (κ1) is 8.65. The van der Waals surface area contributed by atoms with Gasteiger partial charge in [-0.1, -0.05) is 6.07 Å². The van der Waals surface area contributed by atoms with E-state index in [4.69, 9.17) is 5.73 Å². The van der Waals surface area contributed by atoms with Gasteiger partial charge in [0.1, 0.15) is 0 Å². The Morgan fingerprint density at radius 2 is 2.31 bits per heavy atom. The molecule has 0 bridgehead atoms. The molecule has 0 fully saturated rings. The fourth-order valence-corrected chi connectivity index (χ4v) is 1.63. The van der Waals surface area contributed by atoms with Crippen LogP contribution < -0.4 is 5.73 Å². The topological polar surface area (TPSA) is 56.2 Å². The van der Waals surface area contributed by atoms with Crippen molar-refractivity contribution in [2.45, 2.75) is 13.0 Å². The molecule has 0 saturated heterocycles. The average molecular weight is 241 g/mol. The number of nitrogens with two attached hydrogens (primary N) is 1. The van der Waals surface area contributed by atoms with Crippen molar-refractivity contribution in [1.82, 2.24) is 14.6 Å². The van der Waals surface area contributed by atoms with Crippen LogP contribution in [0, 0.1) is 0 Å². The van der Waals surface area contributed by atoms with Gasteiger partial charge in [-0.2, -0.15) is 0 Å². The monoisotopic (exact) mass is 240 g/mol. The van der Waals surface area contributed by atoms with E-state index in [0.29, 0.717) is 4.73 Å². The molecule has 0 aliphatic heterocycles. The van der Waals surface area contributed by atoms with E-state index in [9.17, 15) is 0 Å². The zero-order valence-electron chi connectivity index (χ0n) is 7.11. The molecular formula is C8H9BrN4. The Morgan fingerprint density at radius 3 is 3.00 bits per heavy atom. The van der Waals surface area contributed by atoms with Gasteiger partial charge in [-0.3, -0.25) is 4.40 Å². The number of hydrogen-bond donors (Lipinski definition) is 1. The van der Waals surface area contributed by atoms with Gasteiger partial charge < -0.3 is 5.73 Å². The lowest BCUT2D eigenvalue weighted by Crippen LogP contribution is -2.06. The third-order valence-corrected chi connectivity index (χ3v) is 2.45. The average Bonchev–Trinajstić information content (AvgIpc) is 2.48. The van der Waals surface area contributed by atoms with Crippen LogP contribution in [0.1, 0.15) is 18.5 Å². The number of pyridine rings is 1. The number of halogens is 1. The summed E-state index contributed by atoms with van der Waals surface area (Å²) in [6.07, 6.45) is 1.89. The quantitative estimate of drug-likeness (QED) is 0.823. The lowest BCUT2D eigenvalue weighted by atomic mass is 10.1. The zero-order valence-corrected chi connectivity index (χ0v) is 8.69. The Labute approximate surface area is 83.9 Å². The van der Waals surface area contributed by atoms with Gasteiger partial charge in [0, 0.05) is 17.8 Å². The van der Waals surface area contributed by atoms with Crippen LogP contribution >= 0.6 is 15.9 Å². The maximum absolute atomic E-state index is 5.79. The lowest BCUT2D eigenvalue weighted by Gasteiger charge is -2.05. The predicted molar refractivity (Wildman–Crippen MR) is 53.3 cm³/mol. The molecule has 0 aliphatic carbocycles. The summed E-state index contributed by atoms with van der Waals surface area (Å²) >= 11 is 3.30. The SMILES string of the molecule is CC(N)c1cccn2c(Br)nnc12. The Balaban J connectivity index is 2.77. The molecular weight excluding hydrogens is 232 g/mol. The third kappa shape index (κ3) is 1.34. The summed E-state index contributed by atoms with van der Waals surface area (Å²) in [5, 5.41) is 7.94. The summed E-state index contributed by atoms with van der Waals surface area (Å²) in [6, 6.07) is 3.86. The van der Waals surface area contributed by atoms with Crippen molar-refractivity contribution in [3.63, 3.8) is 0 Å². The third-order valence-electron chi connectivity index (χ3n) is 1.91. The Kier molecular flexibility index (Phi) is 2.05. The van der Waals surface area contributed by atoms with Crippen molar-refractivity contribution in [3.8, 4) is 0 Å². The largest absolute Gasteiger partial charge is 0.324 e. The minimum atomic E-state index is -0.0280. The fourth-order valence-electron chi connectivity index (χ4n) is 1.26. The first-order chi connectivity index (χ1) is 6.20. The maximum Gasteiger partial charge on any atom is 0.204 e. The molecule has 2 heterocycles. The van der Waals surface area contributed by atoms with Crippen molar-refractivity contribution < 1.29 is 0 Å². The zero-order chi connectivity index (χ0) is 9.42. The molecule has 2 aromatic rings. The van der Waals surface area contributed by atoms with Crippen LogP contribution in [-0.2, 0) is 0 Å². The van der Waals surface area contributed by atoms with E-state index < -0.39 is 0 Å². The van der Waals surface area contributed by atoms with Crippen LogP contribution in [0.5, 0.6) is 0 Å². The molecule has 0 saturated carbocycles. The number of fused-ring (bicyclic) bond motifs is 1. The van der Waals surface area contributed by atoms with Gasteiger partial charge in [-0.25, -0.2) is 0 Å². The van der Waals surface area contributed by atoms with Gasteiger partial charge in [0.2, 0.25) is 4.73 Å². The summed E-state index contributed by atoms with van der Waals surface area (Å²) in [5.74, 6) is 0. The molecule has 0 spiro atoms. The van der Waals surface area contributed by atoms with Crippen molar-refractivity contribution in [3.05, 3.63) is 28.6 Å². The summed E-state index contributed by atoms with van der Waals surface area (Å²) in [4.78, 5) is 0. The molecule has 2 N–H and O–H groups in total. The summed E-state index contributed by atoms with van der Waals surface area (Å²) in [6.45, 7) is 1.93. The molecule has 5 heteroatoms. The van der Waals surface area contributed by atoms with Crippen LogP contribution in [0.15, 0.2) is 23.1 Å². The van der Waals surface area contributed by atoms with E-state index in [1.54, 1.807) is 0 Å². The molecule has 0 amide bonds. The molecule has 0 aromatic carbocycles. The lowest BCUT2D eigenvalue weighted by molar-refractivity contribution is 0.815. The molecule has 1 atom stereocenters. The smallest absolute Gasteiger partial charge is 0.204 e. The predicted octanol–water partition coefficient (Wildman–Crippen LogP) is 1.51. The maximum atomic E-state index is 5.79. The highest BCUT2D eigenvalue weighted by atomic mass is 79.9. The molecule has 13 heavy (non-hydrogen) atoms. The van der Waals surface area contributed by atoms with Crippen LogP contribution in [0.3, 0.4) is 0 Å². The van der Waals surface area contributed by atoms with Crippen LogP contribution in [0.25, 0.3) is 5.65 Å². The molecule has 0 radical (unpaired) electrons. The minimum Gasteiger partial charge on any atom is -0.324 e. The van der Waals surface area contributed by atoms with Crippen LogP contribution in [-0.4, -0.2) is 14.6 Å². The molecule has 68 valence electrons. The van der Waals surface area contributed by atoms with Crippen LogP contribution in [0.2, 0.25) is 0 Å². The second-order valence-electron chi connectivity index (χ2n) is 2.91. The van der Waals surface area contributed by atoms with Crippen molar-refractivity contribution >= 4 is 21.6 Å². The van der Waals surface area contributed by atoms with Crippen molar-refractivity contribution in [2.75, 3.05) is 0 Å². The molecule has 4 nitrogen and oxygen atoms in total. The van der Waals surface area contributed by atoms with E-state index in [0.717, 1.165) is 11.2 Å². The highest BCUT2D eigenvalue weighted by molar-refractivity contribution is 9.10. The molecule has 2 rings (SSSR count). The Hall–Kier alpha value is -0.940. The molecule has 0 aliphatic rings. The first-order valence-electron chi connectivity index (χ1n) is 3.95. The van der Waals surface area contributed by atoms with Gasteiger partial charge in [-0.15, -0.1) is 10.2 Å². The summed E-state index contributed by atoms with van der Waals surface area (Å²) < 4.78 is 2.56. The number of rotatable bonds is 1. The highest BCUT2D eigenvalue weighted by Gasteiger charge is 2.09. The summed E-state index contributed by atoms with van der Waals surface area (Å²) in [5.41, 5.74) is 7.60. The van der Waals surface area contributed by atoms with Crippen LogP contribution in [0.4, 0.5) is 0 Å². The number of aromatic nitrogens is 3. The number of hydrogen-bond acceptors (Lipinski definition) is 3. The van der Waals surface area contributed by atoms with Gasteiger partial charge in [0.15, 0.2) is 5.65 Å². The minimum absolute atomic E-state index is 0.0280. The van der Waals surface area contributed by atoms with Gasteiger partial charge in [0.25, 0.3) is 0 Å². The molecule has 1 unspecified atom stereocenters.